The van der Waals surface area contributed by atoms with E-state index < -0.39 is 6.10 Å². The lowest BCUT2D eigenvalue weighted by Crippen LogP contribution is -2.48. The van der Waals surface area contributed by atoms with E-state index in [-0.39, 0.29) is 12.1 Å². The highest BCUT2D eigenvalue weighted by Gasteiger charge is 2.24. The number of ether oxygens (including phenoxy) is 1. The summed E-state index contributed by atoms with van der Waals surface area (Å²) in [5, 5.41) is 15.6. The molecule has 2 amide bonds. The van der Waals surface area contributed by atoms with Crippen LogP contribution >= 0.6 is 0 Å². The van der Waals surface area contributed by atoms with Crippen LogP contribution in [0, 0.1) is 5.92 Å². The van der Waals surface area contributed by atoms with Gasteiger partial charge in [-0.05, 0) is 24.8 Å². The summed E-state index contributed by atoms with van der Waals surface area (Å²) in [5.74, 6) is 1.26. The van der Waals surface area contributed by atoms with E-state index in [2.05, 4.69) is 24.5 Å². The van der Waals surface area contributed by atoms with Gasteiger partial charge in [0.05, 0.1) is 18.8 Å². The second-order valence-electron chi connectivity index (χ2n) is 6.60. The Morgan fingerprint density at radius 2 is 2.04 bits per heavy atom. The van der Waals surface area contributed by atoms with Crippen molar-refractivity contribution < 1.29 is 14.6 Å². The van der Waals surface area contributed by atoms with E-state index in [0.29, 0.717) is 19.1 Å². The van der Waals surface area contributed by atoms with Crippen LogP contribution < -0.4 is 15.4 Å². The first kappa shape index (κ1) is 17.6. The summed E-state index contributed by atoms with van der Waals surface area (Å²) in [7, 11) is 0. The lowest BCUT2D eigenvalue weighted by molar-refractivity contribution is 0.0943. The lowest BCUT2D eigenvalue weighted by atomic mass is 9.93. The zero-order valence-corrected chi connectivity index (χ0v) is 14.0. The van der Waals surface area contributed by atoms with Crippen molar-refractivity contribution in [3.63, 3.8) is 0 Å². The van der Waals surface area contributed by atoms with Gasteiger partial charge in [0.15, 0.2) is 0 Å². The fourth-order valence-electron chi connectivity index (χ4n) is 2.72. The van der Waals surface area contributed by atoms with E-state index in [9.17, 15) is 9.90 Å². The molecule has 1 aliphatic carbocycles. The number of hydrogen-bond donors (Lipinski definition) is 3. The van der Waals surface area contributed by atoms with Crippen molar-refractivity contribution in [3.8, 4) is 5.75 Å². The van der Waals surface area contributed by atoms with Gasteiger partial charge >= 0.3 is 6.03 Å². The number of carbonyl (C=O) groups is 1. The minimum Gasteiger partial charge on any atom is -0.493 e. The first-order valence-corrected chi connectivity index (χ1v) is 8.49. The number of urea groups is 1. The third-order valence-electron chi connectivity index (χ3n) is 4.03. The van der Waals surface area contributed by atoms with Crippen molar-refractivity contribution in [2.75, 3.05) is 6.61 Å². The predicted molar refractivity (Wildman–Crippen MR) is 90.4 cm³/mol. The quantitative estimate of drug-likeness (QED) is 0.755. The standard InChI is InChI=1S/C18H28N2O3/c1-13(2)12-23-17-10-6-3-7-14(17)11-19-18(22)20-15-8-4-5-9-16(15)21/h3,6-7,10,13,15-16,21H,4-5,8-9,11-12H2,1-2H3,(H2,19,20,22). The van der Waals surface area contributed by atoms with Crippen molar-refractivity contribution in [2.45, 2.75) is 58.2 Å². The SMILES string of the molecule is CC(C)COc1ccccc1CNC(=O)NC1CCCCC1O. The number of nitrogens with one attached hydrogen (secondary N) is 2. The summed E-state index contributed by atoms with van der Waals surface area (Å²) in [6.45, 7) is 5.26. The second kappa shape index (κ2) is 8.77. The zero-order valence-electron chi connectivity index (χ0n) is 14.0. The minimum atomic E-state index is -0.434. The van der Waals surface area contributed by atoms with Gasteiger partial charge in [-0.2, -0.15) is 0 Å². The molecule has 2 unspecified atom stereocenters. The third kappa shape index (κ3) is 5.75. The highest BCUT2D eigenvalue weighted by Crippen LogP contribution is 2.19. The molecule has 0 saturated heterocycles. The summed E-state index contributed by atoms with van der Waals surface area (Å²) in [6, 6.07) is 7.35. The Morgan fingerprint density at radius 1 is 1.30 bits per heavy atom. The number of carbonyl (C=O) groups excluding carboxylic acids is 1. The number of amides is 2. The van der Waals surface area contributed by atoms with Crippen LogP contribution in [-0.2, 0) is 6.54 Å². The number of benzene rings is 1. The highest BCUT2D eigenvalue weighted by molar-refractivity contribution is 5.74. The molecule has 1 aliphatic rings. The Balaban J connectivity index is 1.84. The Bertz CT molecular complexity index is 505. The lowest BCUT2D eigenvalue weighted by Gasteiger charge is -2.28. The van der Waals surface area contributed by atoms with Crippen molar-refractivity contribution >= 4 is 6.03 Å². The van der Waals surface area contributed by atoms with Crippen LogP contribution in [0.3, 0.4) is 0 Å². The van der Waals surface area contributed by atoms with E-state index in [1.54, 1.807) is 0 Å². The molecule has 1 aromatic carbocycles. The Morgan fingerprint density at radius 3 is 2.78 bits per heavy atom. The van der Waals surface area contributed by atoms with Crippen LogP contribution in [0.2, 0.25) is 0 Å². The van der Waals surface area contributed by atoms with Crippen LogP contribution in [-0.4, -0.2) is 29.9 Å². The summed E-state index contributed by atoms with van der Waals surface area (Å²) in [6.07, 6.45) is 3.24. The molecule has 1 aromatic rings. The smallest absolute Gasteiger partial charge is 0.315 e. The van der Waals surface area contributed by atoms with E-state index in [1.165, 1.54) is 0 Å². The normalized spacial score (nSPS) is 21.0. The molecule has 5 nitrogen and oxygen atoms in total. The van der Waals surface area contributed by atoms with Crippen molar-refractivity contribution in [1.82, 2.24) is 10.6 Å². The predicted octanol–water partition coefficient (Wildman–Crippen LogP) is 2.82. The van der Waals surface area contributed by atoms with Crippen LogP contribution in [0.15, 0.2) is 24.3 Å². The molecule has 0 radical (unpaired) electrons. The largest absolute Gasteiger partial charge is 0.493 e. The van der Waals surface area contributed by atoms with Crippen molar-refractivity contribution in [3.05, 3.63) is 29.8 Å². The van der Waals surface area contributed by atoms with E-state index in [4.69, 9.17) is 4.74 Å². The monoisotopic (exact) mass is 320 g/mol. The molecule has 0 bridgehead atoms. The Hall–Kier alpha value is -1.75. The number of rotatable bonds is 6. The molecule has 0 aromatic heterocycles. The van der Waals surface area contributed by atoms with E-state index >= 15 is 0 Å². The van der Waals surface area contributed by atoms with Gasteiger partial charge in [0, 0.05) is 12.1 Å². The number of hydrogen-bond acceptors (Lipinski definition) is 3. The fourth-order valence-corrected chi connectivity index (χ4v) is 2.72. The topological polar surface area (TPSA) is 70.6 Å². The van der Waals surface area contributed by atoms with Gasteiger partial charge in [0.1, 0.15) is 5.75 Å². The molecule has 2 atom stereocenters. The van der Waals surface area contributed by atoms with E-state index in [1.807, 2.05) is 24.3 Å². The molecule has 2 rings (SSSR count). The first-order valence-electron chi connectivity index (χ1n) is 8.49. The second-order valence-corrected chi connectivity index (χ2v) is 6.60. The van der Waals surface area contributed by atoms with Gasteiger partial charge in [0.25, 0.3) is 0 Å². The maximum Gasteiger partial charge on any atom is 0.315 e. The van der Waals surface area contributed by atoms with E-state index in [0.717, 1.165) is 37.0 Å². The summed E-state index contributed by atoms with van der Waals surface area (Å²) in [4.78, 5) is 12.0. The van der Waals surface area contributed by atoms with Crippen LogP contribution in [0.4, 0.5) is 4.79 Å². The number of para-hydroxylation sites is 1. The summed E-state index contributed by atoms with van der Waals surface area (Å²) < 4.78 is 5.79. The highest BCUT2D eigenvalue weighted by atomic mass is 16.5. The van der Waals surface area contributed by atoms with Gasteiger partial charge < -0.3 is 20.5 Å². The molecule has 0 heterocycles. The summed E-state index contributed by atoms with van der Waals surface area (Å²) in [5.41, 5.74) is 0.951. The molecule has 23 heavy (non-hydrogen) atoms. The average molecular weight is 320 g/mol. The number of aliphatic hydroxyl groups excluding tert-OH is 1. The molecular formula is C18H28N2O3. The van der Waals surface area contributed by atoms with Gasteiger partial charge in [-0.25, -0.2) is 4.79 Å². The van der Waals surface area contributed by atoms with Crippen molar-refractivity contribution in [1.29, 1.82) is 0 Å². The Labute approximate surface area is 138 Å². The van der Waals surface area contributed by atoms with Crippen LogP contribution in [0.25, 0.3) is 0 Å². The van der Waals surface area contributed by atoms with Gasteiger partial charge in [-0.3, -0.25) is 0 Å². The Kier molecular flexibility index (Phi) is 6.71. The maximum atomic E-state index is 12.0. The molecule has 1 saturated carbocycles. The molecule has 5 heteroatoms. The first-order chi connectivity index (χ1) is 11.1. The molecule has 3 N–H and O–H groups in total. The average Bonchev–Trinajstić information content (AvgIpc) is 2.54. The molecule has 1 fully saturated rings. The van der Waals surface area contributed by atoms with Gasteiger partial charge in [0.2, 0.25) is 0 Å². The molecule has 0 spiro atoms. The summed E-state index contributed by atoms with van der Waals surface area (Å²) >= 11 is 0. The fraction of sp³-hybridized carbons (Fsp3) is 0.611. The van der Waals surface area contributed by atoms with Gasteiger partial charge in [-0.15, -0.1) is 0 Å². The van der Waals surface area contributed by atoms with Crippen LogP contribution in [0.1, 0.15) is 45.1 Å². The van der Waals surface area contributed by atoms with Crippen molar-refractivity contribution in [2.24, 2.45) is 5.92 Å². The number of aliphatic hydroxyl groups is 1. The zero-order chi connectivity index (χ0) is 16.7. The molecule has 128 valence electrons. The third-order valence-corrected chi connectivity index (χ3v) is 4.03. The minimum absolute atomic E-state index is 0.142. The molecule has 0 aliphatic heterocycles. The van der Waals surface area contributed by atoms with Crippen LogP contribution in [0.5, 0.6) is 5.75 Å². The molecular weight excluding hydrogens is 292 g/mol. The van der Waals surface area contributed by atoms with Gasteiger partial charge in [-0.1, -0.05) is 44.9 Å². The maximum absolute atomic E-state index is 12.0.